The predicted molar refractivity (Wildman–Crippen MR) is 123 cm³/mol. The van der Waals surface area contributed by atoms with E-state index in [1.165, 1.54) is 4.90 Å². The van der Waals surface area contributed by atoms with Crippen LogP contribution in [0.4, 0.5) is 10.5 Å². The molecule has 180 valence electrons. The Hall–Kier alpha value is -2.65. The summed E-state index contributed by atoms with van der Waals surface area (Å²) in [4.78, 5) is 46.4. The van der Waals surface area contributed by atoms with Crippen LogP contribution in [0.15, 0.2) is 24.3 Å². The molecule has 3 aliphatic heterocycles. The molecule has 0 aromatic heterocycles. The van der Waals surface area contributed by atoms with Gasteiger partial charge in [-0.15, -0.1) is 0 Å². The Kier molecular flexibility index (Phi) is 6.90. The summed E-state index contributed by atoms with van der Waals surface area (Å²) in [6.45, 7) is 10.6. The standard InChI is InChI=1S/C24H34N4O5/c1-24(2,3)33-23(31)28-19-7-5-4-6-18(19)16-20(28)22(30)27-10-8-26(9-11-27)21(29)17-25-12-14-32-15-13-25/h4-7,20H,8-17H2,1-3H3/t20-/m0/s1. The average Bonchev–Trinajstić information content (AvgIpc) is 3.18. The highest BCUT2D eigenvalue weighted by Crippen LogP contribution is 2.34. The molecule has 0 aliphatic carbocycles. The average molecular weight is 459 g/mol. The molecule has 33 heavy (non-hydrogen) atoms. The van der Waals surface area contributed by atoms with Crippen molar-refractivity contribution in [2.45, 2.75) is 38.8 Å². The number of piperazine rings is 1. The molecule has 0 unspecified atom stereocenters. The molecule has 3 amide bonds. The normalized spacial score (nSPS) is 21.7. The Morgan fingerprint density at radius 1 is 0.970 bits per heavy atom. The first kappa shape index (κ1) is 23.5. The van der Waals surface area contributed by atoms with Crippen LogP contribution in [0.25, 0.3) is 0 Å². The molecule has 0 saturated carbocycles. The first-order chi connectivity index (χ1) is 15.7. The van der Waals surface area contributed by atoms with Gasteiger partial charge in [0.15, 0.2) is 0 Å². The van der Waals surface area contributed by atoms with Gasteiger partial charge in [0.05, 0.1) is 25.4 Å². The second kappa shape index (κ2) is 9.69. The van der Waals surface area contributed by atoms with E-state index < -0.39 is 17.7 Å². The van der Waals surface area contributed by atoms with Crippen LogP contribution in [0.5, 0.6) is 0 Å². The number of carbonyl (C=O) groups excluding carboxylic acids is 3. The lowest BCUT2D eigenvalue weighted by Gasteiger charge is -2.38. The fraction of sp³-hybridized carbons (Fsp3) is 0.625. The number of carbonyl (C=O) groups is 3. The van der Waals surface area contributed by atoms with Crippen molar-refractivity contribution in [3.05, 3.63) is 29.8 Å². The van der Waals surface area contributed by atoms with Gasteiger partial charge in [0.1, 0.15) is 11.6 Å². The maximum atomic E-state index is 13.5. The van der Waals surface area contributed by atoms with Crippen molar-refractivity contribution in [2.75, 3.05) is 63.9 Å². The fourth-order valence-corrected chi connectivity index (χ4v) is 4.56. The van der Waals surface area contributed by atoms with Gasteiger partial charge in [0, 0.05) is 45.7 Å². The lowest BCUT2D eigenvalue weighted by Crippen LogP contribution is -2.57. The molecule has 1 atom stereocenters. The summed E-state index contributed by atoms with van der Waals surface area (Å²) in [6.07, 6.45) is -0.0464. The summed E-state index contributed by atoms with van der Waals surface area (Å²) >= 11 is 0. The van der Waals surface area contributed by atoms with E-state index >= 15 is 0 Å². The van der Waals surface area contributed by atoms with E-state index in [-0.39, 0.29) is 11.8 Å². The van der Waals surface area contributed by atoms with E-state index in [2.05, 4.69) is 4.90 Å². The summed E-state index contributed by atoms with van der Waals surface area (Å²) < 4.78 is 11.0. The van der Waals surface area contributed by atoms with Crippen LogP contribution in [0.2, 0.25) is 0 Å². The molecule has 3 heterocycles. The molecule has 0 N–H and O–H groups in total. The van der Waals surface area contributed by atoms with Gasteiger partial charge in [-0.05, 0) is 32.4 Å². The van der Waals surface area contributed by atoms with Gasteiger partial charge in [-0.2, -0.15) is 0 Å². The number of fused-ring (bicyclic) bond motifs is 1. The molecule has 2 saturated heterocycles. The SMILES string of the molecule is CC(C)(C)OC(=O)N1c2ccccc2C[C@H]1C(=O)N1CCN(C(=O)CN2CCOCC2)CC1. The summed E-state index contributed by atoms with van der Waals surface area (Å²) in [7, 11) is 0. The van der Waals surface area contributed by atoms with Crippen molar-refractivity contribution < 1.29 is 23.9 Å². The molecule has 1 aromatic rings. The topological polar surface area (TPSA) is 82.6 Å². The highest BCUT2D eigenvalue weighted by atomic mass is 16.6. The molecule has 1 aromatic carbocycles. The van der Waals surface area contributed by atoms with Gasteiger partial charge < -0.3 is 19.3 Å². The third-order valence-electron chi connectivity index (χ3n) is 6.26. The Balaban J connectivity index is 1.39. The molecule has 0 spiro atoms. The molecular formula is C24H34N4O5. The Morgan fingerprint density at radius 2 is 1.61 bits per heavy atom. The number of hydrogen-bond acceptors (Lipinski definition) is 6. The summed E-state index contributed by atoms with van der Waals surface area (Å²) in [5.41, 5.74) is 1.03. The second-order valence-electron chi connectivity index (χ2n) is 9.79. The van der Waals surface area contributed by atoms with Crippen molar-refractivity contribution in [2.24, 2.45) is 0 Å². The fourth-order valence-electron chi connectivity index (χ4n) is 4.56. The summed E-state index contributed by atoms with van der Waals surface area (Å²) in [6, 6.07) is 6.95. The van der Waals surface area contributed by atoms with Crippen molar-refractivity contribution in [3.63, 3.8) is 0 Å². The van der Waals surface area contributed by atoms with Crippen LogP contribution in [-0.4, -0.2) is 103 Å². The van der Waals surface area contributed by atoms with Crippen LogP contribution in [0.3, 0.4) is 0 Å². The Bertz CT molecular complexity index is 885. The number of amides is 3. The van der Waals surface area contributed by atoms with E-state index in [4.69, 9.17) is 9.47 Å². The monoisotopic (exact) mass is 458 g/mol. The predicted octanol–water partition coefficient (Wildman–Crippen LogP) is 1.36. The number of morpholine rings is 1. The van der Waals surface area contributed by atoms with Crippen molar-refractivity contribution in [3.8, 4) is 0 Å². The summed E-state index contributed by atoms with van der Waals surface area (Å²) in [5, 5.41) is 0. The quantitative estimate of drug-likeness (QED) is 0.680. The number of anilines is 1. The minimum Gasteiger partial charge on any atom is -0.443 e. The van der Waals surface area contributed by atoms with Gasteiger partial charge in [-0.1, -0.05) is 18.2 Å². The van der Waals surface area contributed by atoms with E-state index in [0.717, 1.165) is 24.3 Å². The van der Waals surface area contributed by atoms with Gasteiger partial charge in [0.25, 0.3) is 0 Å². The molecule has 0 bridgehead atoms. The van der Waals surface area contributed by atoms with Gasteiger partial charge in [-0.3, -0.25) is 19.4 Å². The smallest absolute Gasteiger partial charge is 0.415 e. The maximum Gasteiger partial charge on any atom is 0.415 e. The van der Waals surface area contributed by atoms with Crippen LogP contribution in [0, 0.1) is 0 Å². The minimum absolute atomic E-state index is 0.0904. The first-order valence-electron chi connectivity index (χ1n) is 11.7. The van der Waals surface area contributed by atoms with Gasteiger partial charge in [-0.25, -0.2) is 4.79 Å². The van der Waals surface area contributed by atoms with Gasteiger partial charge in [0.2, 0.25) is 11.8 Å². The highest BCUT2D eigenvalue weighted by Gasteiger charge is 2.42. The molecular weight excluding hydrogens is 424 g/mol. The van der Waals surface area contributed by atoms with Crippen molar-refractivity contribution >= 4 is 23.6 Å². The van der Waals surface area contributed by atoms with Crippen molar-refractivity contribution in [1.29, 1.82) is 0 Å². The lowest BCUT2D eigenvalue weighted by molar-refractivity contribution is -0.141. The molecule has 9 heteroatoms. The second-order valence-corrected chi connectivity index (χ2v) is 9.79. The van der Waals surface area contributed by atoms with Crippen LogP contribution >= 0.6 is 0 Å². The van der Waals surface area contributed by atoms with Gasteiger partial charge >= 0.3 is 6.09 Å². The van der Waals surface area contributed by atoms with Crippen LogP contribution in [0.1, 0.15) is 26.3 Å². The number of benzene rings is 1. The molecule has 0 radical (unpaired) electrons. The van der Waals surface area contributed by atoms with Crippen LogP contribution < -0.4 is 4.90 Å². The third-order valence-corrected chi connectivity index (χ3v) is 6.26. The number of nitrogens with zero attached hydrogens (tertiary/aromatic N) is 4. The van der Waals surface area contributed by atoms with E-state index in [1.807, 2.05) is 49.9 Å². The van der Waals surface area contributed by atoms with E-state index in [9.17, 15) is 14.4 Å². The maximum absolute atomic E-state index is 13.5. The number of rotatable bonds is 3. The Morgan fingerprint density at radius 3 is 2.27 bits per heavy atom. The zero-order valence-electron chi connectivity index (χ0n) is 19.8. The van der Waals surface area contributed by atoms with Crippen LogP contribution in [-0.2, 0) is 25.5 Å². The largest absolute Gasteiger partial charge is 0.443 e. The highest BCUT2D eigenvalue weighted by molar-refractivity contribution is 6.00. The molecule has 9 nitrogen and oxygen atoms in total. The molecule has 4 rings (SSSR count). The number of para-hydroxylation sites is 1. The van der Waals surface area contributed by atoms with E-state index in [0.29, 0.717) is 52.4 Å². The molecule has 2 fully saturated rings. The minimum atomic E-state index is -0.658. The van der Waals surface area contributed by atoms with Crippen molar-refractivity contribution in [1.82, 2.24) is 14.7 Å². The number of hydrogen-bond donors (Lipinski definition) is 0. The zero-order chi connectivity index (χ0) is 23.6. The Labute approximate surface area is 195 Å². The zero-order valence-corrected chi connectivity index (χ0v) is 19.8. The molecule has 3 aliphatic rings. The lowest BCUT2D eigenvalue weighted by atomic mass is 10.1. The third kappa shape index (κ3) is 5.47. The first-order valence-corrected chi connectivity index (χ1v) is 11.7. The number of ether oxygens (including phenoxy) is 2. The van der Waals surface area contributed by atoms with E-state index in [1.54, 1.807) is 4.90 Å². The summed E-state index contributed by atoms with van der Waals surface area (Å²) in [5.74, 6) is -0.00927.